The van der Waals surface area contributed by atoms with Crippen LogP contribution in [0.15, 0.2) is 76.1 Å². The van der Waals surface area contributed by atoms with E-state index in [-0.39, 0.29) is 17.5 Å². The number of aromatic amines is 2. The highest BCUT2D eigenvalue weighted by Crippen LogP contribution is 2.28. The molecule has 2 aromatic heterocycles. The Balaban J connectivity index is 1.45. The molecule has 0 aliphatic heterocycles. The molecular formula is C21H19N3O3. The number of amides is 1. The van der Waals surface area contributed by atoms with Crippen molar-refractivity contribution in [2.45, 2.75) is 18.9 Å². The number of H-pyrrole nitrogens is 2. The summed E-state index contributed by atoms with van der Waals surface area (Å²) < 4.78 is 5.55. The first kappa shape index (κ1) is 16.9. The van der Waals surface area contributed by atoms with Crippen LogP contribution in [0.1, 0.15) is 29.2 Å². The van der Waals surface area contributed by atoms with Crippen LogP contribution in [-0.4, -0.2) is 15.9 Å². The second kappa shape index (κ2) is 7.37. The second-order valence-corrected chi connectivity index (χ2v) is 6.42. The van der Waals surface area contributed by atoms with Crippen molar-refractivity contribution in [3.05, 3.63) is 94.3 Å². The Hall–Kier alpha value is -3.54. The zero-order valence-electron chi connectivity index (χ0n) is 14.6. The van der Waals surface area contributed by atoms with Gasteiger partial charge in [-0.2, -0.15) is 0 Å². The maximum atomic E-state index is 12.5. The number of benzene rings is 2. The monoisotopic (exact) mass is 361 g/mol. The molecule has 0 radical (unpaired) electrons. The van der Waals surface area contributed by atoms with E-state index in [1.807, 2.05) is 60.7 Å². The number of hydrogen-bond acceptors (Lipinski definition) is 3. The summed E-state index contributed by atoms with van der Waals surface area (Å²) in [6.07, 6.45) is 1.91. The van der Waals surface area contributed by atoms with Crippen molar-refractivity contribution in [1.82, 2.24) is 15.3 Å². The van der Waals surface area contributed by atoms with Gasteiger partial charge in [0, 0.05) is 13.0 Å². The highest BCUT2D eigenvalue weighted by atomic mass is 16.3. The number of carbonyl (C=O) groups is 1. The van der Waals surface area contributed by atoms with Gasteiger partial charge in [-0.05, 0) is 35.4 Å². The molecule has 0 aliphatic carbocycles. The SMILES string of the molecule is O=C(C[C@H](c1ccccc1)c1ccco1)NCc1ccc2[nH]c(=O)[nH]c2c1. The van der Waals surface area contributed by atoms with Crippen molar-refractivity contribution < 1.29 is 9.21 Å². The Kier molecular flexibility index (Phi) is 4.61. The average Bonchev–Trinajstić information content (AvgIpc) is 3.33. The quantitative estimate of drug-likeness (QED) is 0.492. The van der Waals surface area contributed by atoms with E-state index in [1.165, 1.54) is 0 Å². The molecule has 27 heavy (non-hydrogen) atoms. The third-order valence-corrected chi connectivity index (χ3v) is 4.55. The zero-order valence-corrected chi connectivity index (χ0v) is 14.6. The topological polar surface area (TPSA) is 90.9 Å². The van der Waals surface area contributed by atoms with Crippen LogP contribution in [0.3, 0.4) is 0 Å². The number of furan rings is 1. The summed E-state index contributed by atoms with van der Waals surface area (Å²) in [5.74, 6) is 0.565. The molecule has 0 saturated heterocycles. The standard InChI is InChI=1S/C21H19N3O3/c25-20(22-13-14-8-9-17-18(11-14)24-21(26)23-17)12-16(19-7-4-10-27-19)15-5-2-1-3-6-15/h1-11,16H,12-13H2,(H,22,25)(H2,23,24,26)/t16-/m1/s1. The van der Waals surface area contributed by atoms with Crippen LogP contribution in [-0.2, 0) is 11.3 Å². The number of nitrogens with one attached hydrogen (secondary N) is 3. The number of imidazole rings is 1. The Bertz CT molecular complexity index is 1090. The van der Waals surface area contributed by atoms with Crippen LogP contribution in [0.2, 0.25) is 0 Å². The molecule has 6 heteroatoms. The van der Waals surface area contributed by atoms with Crippen molar-refractivity contribution in [3.8, 4) is 0 Å². The van der Waals surface area contributed by atoms with Crippen molar-refractivity contribution in [3.63, 3.8) is 0 Å². The number of fused-ring (bicyclic) bond motifs is 1. The van der Waals surface area contributed by atoms with Crippen molar-refractivity contribution in [2.24, 2.45) is 0 Å². The molecule has 6 nitrogen and oxygen atoms in total. The molecule has 2 heterocycles. The van der Waals surface area contributed by atoms with Gasteiger partial charge in [0.2, 0.25) is 5.91 Å². The normalized spacial score (nSPS) is 12.1. The Morgan fingerprint density at radius 1 is 1.00 bits per heavy atom. The molecule has 4 rings (SSSR count). The van der Waals surface area contributed by atoms with Crippen LogP contribution >= 0.6 is 0 Å². The summed E-state index contributed by atoms with van der Waals surface area (Å²) >= 11 is 0. The molecule has 1 amide bonds. The molecule has 1 atom stereocenters. The molecule has 2 aromatic carbocycles. The molecular weight excluding hydrogens is 342 g/mol. The van der Waals surface area contributed by atoms with Crippen LogP contribution in [0.5, 0.6) is 0 Å². The minimum absolute atomic E-state index is 0.0667. The summed E-state index contributed by atoms with van der Waals surface area (Å²) in [5, 5.41) is 2.95. The van der Waals surface area contributed by atoms with E-state index in [1.54, 1.807) is 6.26 Å². The van der Waals surface area contributed by atoms with E-state index in [4.69, 9.17) is 4.42 Å². The molecule has 0 unspecified atom stereocenters. The fraction of sp³-hybridized carbons (Fsp3) is 0.143. The summed E-state index contributed by atoms with van der Waals surface area (Å²) in [6.45, 7) is 0.391. The fourth-order valence-electron chi connectivity index (χ4n) is 3.21. The molecule has 0 aliphatic rings. The van der Waals surface area contributed by atoms with E-state index in [0.717, 1.165) is 27.9 Å². The number of hydrogen-bond donors (Lipinski definition) is 3. The van der Waals surface area contributed by atoms with Crippen LogP contribution in [0.25, 0.3) is 11.0 Å². The Labute approximate surface area is 155 Å². The summed E-state index contributed by atoms with van der Waals surface area (Å²) in [4.78, 5) is 29.3. The summed E-state index contributed by atoms with van der Waals surface area (Å²) in [7, 11) is 0. The van der Waals surface area contributed by atoms with Gasteiger partial charge in [-0.1, -0.05) is 36.4 Å². The van der Waals surface area contributed by atoms with E-state index in [2.05, 4.69) is 15.3 Å². The van der Waals surface area contributed by atoms with Gasteiger partial charge in [0.05, 0.1) is 23.2 Å². The van der Waals surface area contributed by atoms with Crippen molar-refractivity contribution in [2.75, 3.05) is 0 Å². The zero-order chi connectivity index (χ0) is 18.6. The van der Waals surface area contributed by atoms with E-state index in [0.29, 0.717) is 13.0 Å². The molecule has 136 valence electrons. The van der Waals surface area contributed by atoms with Gasteiger partial charge in [-0.25, -0.2) is 4.79 Å². The third-order valence-electron chi connectivity index (χ3n) is 4.55. The predicted octanol–water partition coefficient (Wildman–Crippen LogP) is 3.29. The minimum Gasteiger partial charge on any atom is -0.469 e. The van der Waals surface area contributed by atoms with Crippen LogP contribution in [0, 0.1) is 0 Å². The summed E-state index contributed by atoms with van der Waals surface area (Å²) in [6, 6.07) is 19.1. The average molecular weight is 361 g/mol. The first-order chi connectivity index (χ1) is 13.2. The first-order valence-corrected chi connectivity index (χ1v) is 8.75. The molecule has 0 saturated carbocycles. The van der Waals surface area contributed by atoms with Gasteiger partial charge in [-0.15, -0.1) is 0 Å². The van der Waals surface area contributed by atoms with Crippen molar-refractivity contribution >= 4 is 16.9 Å². The Morgan fingerprint density at radius 3 is 2.59 bits per heavy atom. The van der Waals surface area contributed by atoms with E-state index in [9.17, 15) is 9.59 Å². The van der Waals surface area contributed by atoms with Gasteiger partial charge in [0.15, 0.2) is 0 Å². The maximum Gasteiger partial charge on any atom is 0.323 e. The lowest BCUT2D eigenvalue weighted by atomic mass is 9.93. The smallest absolute Gasteiger partial charge is 0.323 e. The largest absolute Gasteiger partial charge is 0.469 e. The molecule has 0 spiro atoms. The Morgan fingerprint density at radius 2 is 1.81 bits per heavy atom. The van der Waals surface area contributed by atoms with E-state index >= 15 is 0 Å². The van der Waals surface area contributed by atoms with E-state index < -0.39 is 0 Å². The van der Waals surface area contributed by atoms with Gasteiger partial charge in [-0.3, -0.25) is 4.79 Å². The fourth-order valence-corrected chi connectivity index (χ4v) is 3.21. The van der Waals surface area contributed by atoms with Gasteiger partial charge >= 0.3 is 5.69 Å². The number of aromatic nitrogens is 2. The third kappa shape index (κ3) is 3.84. The van der Waals surface area contributed by atoms with Crippen LogP contribution < -0.4 is 11.0 Å². The van der Waals surface area contributed by atoms with Crippen LogP contribution in [0.4, 0.5) is 0 Å². The lowest BCUT2D eigenvalue weighted by Crippen LogP contribution is -2.24. The summed E-state index contributed by atoms with van der Waals surface area (Å²) in [5.41, 5.74) is 3.19. The predicted molar refractivity (Wildman–Crippen MR) is 102 cm³/mol. The molecule has 3 N–H and O–H groups in total. The molecule has 0 bridgehead atoms. The minimum atomic E-state index is -0.240. The number of carbonyl (C=O) groups excluding carboxylic acids is 1. The van der Waals surface area contributed by atoms with Gasteiger partial charge in [0.1, 0.15) is 5.76 Å². The molecule has 0 fully saturated rings. The lowest BCUT2D eigenvalue weighted by molar-refractivity contribution is -0.121. The second-order valence-electron chi connectivity index (χ2n) is 6.42. The lowest BCUT2D eigenvalue weighted by Gasteiger charge is -2.15. The number of rotatable bonds is 6. The van der Waals surface area contributed by atoms with Gasteiger partial charge < -0.3 is 19.7 Å². The van der Waals surface area contributed by atoms with Crippen molar-refractivity contribution in [1.29, 1.82) is 0 Å². The molecule has 4 aromatic rings. The highest BCUT2D eigenvalue weighted by Gasteiger charge is 2.20. The van der Waals surface area contributed by atoms with Gasteiger partial charge in [0.25, 0.3) is 0 Å². The first-order valence-electron chi connectivity index (χ1n) is 8.75. The highest BCUT2D eigenvalue weighted by molar-refractivity contribution is 5.78. The maximum absolute atomic E-state index is 12.5.